The topological polar surface area (TPSA) is 97.7 Å². The molecule has 2 heterocycles. The van der Waals surface area contributed by atoms with E-state index < -0.39 is 9.84 Å². The summed E-state index contributed by atoms with van der Waals surface area (Å²) in [6.07, 6.45) is 1.40. The molecule has 8 heteroatoms. The average molecular weight is 270 g/mol. The number of aromatic nitrogens is 4. The Kier molecular flexibility index (Phi) is 3.20. The molecule has 2 rings (SSSR count). The lowest BCUT2D eigenvalue weighted by molar-refractivity contribution is 0.584. The number of H-pyrrole nitrogens is 1. The van der Waals surface area contributed by atoms with Gasteiger partial charge in [-0.05, 0) is 6.92 Å². The van der Waals surface area contributed by atoms with Crippen molar-refractivity contribution in [2.75, 3.05) is 11.5 Å². The first-order valence-electron chi connectivity index (χ1n) is 5.56. The van der Waals surface area contributed by atoms with Crippen molar-refractivity contribution < 1.29 is 8.42 Å². The molecule has 98 valence electrons. The minimum atomic E-state index is -3.06. The Morgan fingerprint density at radius 3 is 2.83 bits per heavy atom. The van der Waals surface area contributed by atoms with Crippen molar-refractivity contribution in [3.8, 4) is 0 Å². The van der Waals surface area contributed by atoms with E-state index in [4.69, 9.17) is 0 Å². The fourth-order valence-corrected chi connectivity index (χ4v) is 2.35. The first-order valence-corrected chi connectivity index (χ1v) is 7.38. The number of nitrogens with zero attached hydrogens (tertiary/aromatic N) is 3. The van der Waals surface area contributed by atoms with Gasteiger partial charge in [0, 0.05) is 5.75 Å². The maximum Gasteiger partial charge on any atom is 0.262 e. The molecule has 0 spiro atoms. The van der Waals surface area contributed by atoms with Crippen LogP contribution in [-0.2, 0) is 16.4 Å². The lowest BCUT2D eigenvalue weighted by Gasteiger charge is -2.03. The predicted molar refractivity (Wildman–Crippen MR) is 67.2 cm³/mol. The zero-order valence-corrected chi connectivity index (χ0v) is 11.0. The number of rotatable bonds is 4. The van der Waals surface area contributed by atoms with Crippen LogP contribution in [0, 0.1) is 6.92 Å². The molecule has 2 aromatic rings. The van der Waals surface area contributed by atoms with E-state index in [0.29, 0.717) is 16.9 Å². The Morgan fingerprint density at radius 1 is 1.44 bits per heavy atom. The van der Waals surface area contributed by atoms with E-state index in [-0.39, 0.29) is 23.6 Å². The average Bonchev–Trinajstić information content (AvgIpc) is 2.70. The molecule has 7 nitrogen and oxygen atoms in total. The van der Waals surface area contributed by atoms with Gasteiger partial charge in [0.25, 0.3) is 5.56 Å². The third kappa shape index (κ3) is 2.42. The number of nitrogens with one attached hydrogen (secondary N) is 1. The molecule has 18 heavy (non-hydrogen) atoms. The summed E-state index contributed by atoms with van der Waals surface area (Å²) >= 11 is 0. The maximum absolute atomic E-state index is 11.6. The summed E-state index contributed by atoms with van der Waals surface area (Å²) in [6, 6.07) is 0. The molecule has 0 bridgehead atoms. The van der Waals surface area contributed by atoms with Crippen LogP contribution in [0.4, 0.5) is 0 Å². The van der Waals surface area contributed by atoms with Gasteiger partial charge >= 0.3 is 0 Å². The highest BCUT2D eigenvalue weighted by molar-refractivity contribution is 7.91. The summed E-state index contributed by atoms with van der Waals surface area (Å²) in [7, 11) is -3.06. The second kappa shape index (κ2) is 4.52. The molecule has 0 aliphatic heterocycles. The number of sulfone groups is 1. The third-order valence-corrected chi connectivity index (χ3v) is 4.36. The number of hydrogen-bond acceptors (Lipinski definition) is 5. The molecule has 0 radical (unpaired) electrons. The van der Waals surface area contributed by atoms with E-state index in [1.54, 1.807) is 13.8 Å². The smallest absolute Gasteiger partial charge is 0.262 e. The summed E-state index contributed by atoms with van der Waals surface area (Å²) in [5.74, 6) is 0.570. The first-order chi connectivity index (χ1) is 8.43. The Hall–Kier alpha value is -1.70. The molecule has 0 atom stereocenters. The van der Waals surface area contributed by atoms with E-state index >= 15 is 0 Å². The Bertz CT molecular complexity index is 729. The molecular weight excluding hydrogens is 256 g/mol. The lowest BCUT2D eigenvalue weighted by Crippen LogP contribution is -2.16. The molecule has 1 N–H and O–H groups in total. The fraction of sp³-hybridized carbons (Fsp3) is 0.500. The van der Waals surface area contributed by atoms with Crippen molar-refractivity contribution in [1.29, 1.82) is 0 Å². The SMILES string of the molecule is CCS(=O)(=O)CCn1ncc2c(=O)[nH]c(C)nc21. The fourth-order valence-electron chi connectivity index (χ4n) is 1.61. The lowest BCUT2D eigenvalue weighted by atomic mass is 10.4. The Balaban J connectivity index is 2.38. The molecule has 0 aliphatic carbocycles. The predicted octanol–water partition coefficient (Wildman–Crippen LogP) is -0.137. The van der Waals surface area contributed by atoms with Gasteiger partial charge in [-0.1, -0.05) is 6.92 Å². The van der Waals surface area contributed by atoms with E-state index in [0.717, 1.165) is 0 Å². The summed E-state index contributed by atoms with van der Waals surface area (Å²) in [5, 5.41) is 4.37. The Morgan fingerprint density at radius 2 is 2.17 bits per heavy atom. The van der Waals surface area contributed by atoms with Gasteiger partial charge in [-0.15, -0.1) is 0 Å². The van der Waals surface area contributed by atoms with Crippen molar-refractivity contribution in [2.24, 2.45) is 0 Å². The van der Waals surface area contributed by atoms with Crippen molar-refractivity contribution in [2.45, 2.75) is 20.4 Å². The van der Waals surface area contributed by atoms with E-state index in [1.807, 2.05) is 0 Å². The second-order valence-electron chi connectivity index (χ2n) is 3.99. The van der Waals surface area contributed by atoms with Crippen molar-refractivity contribution in [1.82, 2.24) is 19.7 Å². The molecule has 0 saturated carbocycles. The first kappa shape index (κ1) is 12.7. The van der Waals surface area contributed by atoms with Crippen LogP contribution in [0.25, 0.3) is 11.0 Å². The molecule has 0 aromatic carbocycles. The monoisotopic (exact) mass is 270 g/mol. The largest absolute Gasteiger partial charge is 0.310 e. The summed E-state index contributed by atoms with van der Waals surface area (Å²) in [4.78, 5) is 18.3. The van der Waals surface area contributed by atoms with Gasteiger partial charge in [-0.3, -0.25) is 4.79 Å². The van der Waals surface area contributed by atoms with Crippen LogP contribution in [0.5, 0.6) is 0 Å². The number of aryl methyl sites for hydroxylation is 2. The molecule has 2 aromatic heterocycles. The maximum atomic E-state index is 11.6. The van der Waals surface area contributed by atoms with Gasteiger partial charge in [0.1, 0.15) is 11.2 Å². The number of fused-ring (bicyclic) bond motifs is 1. The van der Waals surface area contributed by atoms with Crippen molar-refractivity contribution in [3.63, 3.8) is 0 Å². The van der Waals surface area contributed by atoms with Crippen LogP contribution in [-0.4, -0.2) is 39.7 Å². The summed E-state index contributed by atoms with van der Waals surface area (Å²) < 4.78 is 24.3. The molecule has 0 fully saturated rings. The minimum absolute atomic E-state index is 0.00614. The normalized spacial score (nSPS) is 12.1. The van der Waals surface area contributed by atoms with Crippen LogP contribution < -0.4 is 5.56 Å². The van der Waals surface area contributed by atoms with Crippen molar-refractivity contribution >= 4 is 20.9 Å². The molecule has 0 unspecified atom stereocenters. The third-order valence-electron chi connectivity index (χ3n) is 2.68. The Labute approximate surface area is 104 Å². The van der Waals surface area contributed by atoms with E-state index in [9.17, 15) is 13.2 Å². The minimum Gasteiger partial charge on any atom is -0.310 e. The van der Waals surface area contributed by atoms with Crippen LogP contribution in [0.2, 0.25) is 0 Å². The van der Waals surface area contributed by atoms with Crippen molar-refractivity contribution in [3.05, 3.63) is 22.4 Å². The molecule has 0 amide bonds. The highest BCUT2D eigenvalue weighted by Gasteiger charge is 2.12. The highest BCUT2D eigenvalue weighted by Crippen LogP contribution is 2.06. The highest BCUT2D eigenvalue weighted by atomic mass is 32.2. The van der Waals surface area contributed by atoms with Gasteiger partial charge in [-0.25, -0.2) is 18.1 Å². The quantitative estimate of drug-likeness (QED) is 0.834. The summed E-state index contributed by atoms with van der Waals surface area (Å²) in [5.41, 5.74) is 0.157. The van der Waals surface area contributed by atoms with Crippen LogP contribution in [0.3, 0.4) is 0 Å². The van der Waals surface area contributed by atoms with Crippen LogP contribution in [0.15, 0.2) is 11.0 Å². The van der Waals surface area contributed by atoms with Gasteiger partial charge < -0.3 is 4.98 Å². The molecular formula is C10H14N4O3S. The van der Waals surface area contributed by atoms with Crippen LogP contribution >= 0.6 is 0 Å². The zero-order chi connectivity index (χ0) is 13.3. The van der Waals surface area contributed by atoms with Gasteiger partial charge in [0.05, 0.1) is 18.5 Å². The molecule has 0 aliphatic rings. The van der Waals surface area contributed by atoms with E-state index in [1.165, 1.54) is 10.9 Å². The standard InChI is InChI=1S/C10H14N4O3S/c1-3-18(16,17)5-4-14-9-8(6-11-14)10(15)13-7(2)12-9/h6H,3-5H2,1-2H3,(H,12,13,15). The van der Waals surface area contributed by atoms with Gasteiger partial charge in [0.2, 0.25) is 0 Å². The van der Waals surface area contributed by atoms with E-state index in [2.05, 4.69) is 15.1 Å². The van der Waals surface area contributed by atoms with Gasteiger partial charge in [0.15, 0.2) is 15.5 Å². The number of aromatic amines is 1. The molecule has 0 saturated heterocycles. The zero-order valence-electron chi connectivity index (χ0n) is 10.2. The van der Waals surface area contributed by atoms with Gasteiger partial charge in [-0.2, -0.15) is 5.10 Å². The number of hydrogen-bond donors (Lipinski definition) is 1. The second-order valence-corrected chi connectivity index (χ2v) is 6.47. The summed E-state index contributed by atoms with van der Waals surface area (Å²) in [6.45, 7) is 3.47. The van der Waals surface area contributed by atoms with Crippen LogP contribution in [0.1, 0.15) is 12.7 Å².